The molecule has 0 unspecified atom stereocenters. The summed E-state index contributed by atoms with van der Waals surface area (Å²) in [5.41, 5.74) is 0. The monoisotopic (exact) mass is 548 g/mol. The van der Waals surface area contributed by atoms with Gasteiger partial charge in [0, 0.05) is 0 Å². The largest absolute Gasteiger partial charge is 0.179 e. The summed E-state index contributed by atoms with van der Waals surface area (Å²) in [7, 11) is -3.79. The van der Waals surface area contributed by atoms with E-state index in [2.05, 4.69) is 170 Å². The van der Waals surface area contributed by atoms with E-state index in [-0.39, 0.29) is 0 Å². The van der Waals surface area contributed by atoms with Crippen LogP contribution in [0, 0.1) is 0 Å². The van der Waals surface area contributed by atoms with Crippen molar-refractivity contribution in [3.8, 4) is 0 Å². The number of rotatable bonds is 8. The summed E-state index contributed by atoms with van der Waals surface area (Å²) in [5.74, 6) is 0. The van der Waals surface area contributed by atoms with Crippen molar-refractivity contribution in [1.29, 1.82) is 0 Å². The SMILES string of the molecule is c1ccc([SiH2]c2cc([SiH2]c3ccccc3)cc([Si](c3ccccc3)(c3ccccc3)c3ccccc3)c2)cc1. The third-order valence-corrected chi connectivity index (χ3v) is 15.8. The van der Waals surface area contributed by atoms with Crippen LogP contribution in [0.5, 0.6) is 0 Å². The first-order valence-electron chi connectivity index (χ1n) is 13.7. The Balaban J connectivity index is 1.63. The molecule has 0 spiro atoms. The van der Waals surface area contributed by atoms with Crippen LogP contribution >= 0.6 is 0 Å². The minimum absolute atomic E-state index is 0.619. The van der Waals surface area contributed by atoms with Gasteiger partial charge in [0.1, 0.15) is 0 Å². The molecular formula is C36H32Si3. The molecule has 6 aromatic rings. The van der Waals surface area contributed by atoms with Crippen molar-refractivity contribution in [1.82, 2.24) is 0 Å². The van der Waals surface area contributed by atoms with Crippen LogP contribution in [-0.2, 0) is 0 Å². The molecule has 0 atom stereocenters. The average molecular weight is 549 g/mol. The Morgan fingerprint density at radius 1 is 0.282 bits per heavy atom. The summed E-state index contributed by atoms with van der Waals surface area (Å²) in [6.45, 7) is 0. The van der Waals surface area contributed by atoms with E-state index in [0.717, 1.165) is 0 Å². The molecule has 0 aliphatic carbocycles. The van der Waals surface area contributed by atoms with Crippen LogP contribution in [-0.4, -0.2) is 27.1 Å². The molecule has 0 saturated carbocycles. The summed E-state index contributed by atoms with van der Waals surface area (Å²) in [5, 5.41) is 11.9. The zero-order chi connectivity index (χ0) is 26.3. The topological polar surface area (TPSA) is 0 Å². The lowest BCUT2D eigenvalue weighted by molar-refractivity contribution is 1.67. The molecule has 3 heteroatoms. The molecule has 0 fully saturated rings. The van der Waals surface area contributed by atoms with E-state index >= 15 is 0 Å². The molecule has 0 saturated heterocycles. The smallest absolute Gasteiger partial charge is 0.0643 e. The van der Waals surface area contributed by atoms with E-state index in [4.69, 9.17) is 0 Å². The van der Waals surface area contributed by atoms with Gasteiger partial charge in [-0.1, -0.05) is 191 Å². The van der Waals surface area contributed by atoms with Crippen LogP contribution in [0.15, 0.2) is 170 Å². The Morgan fingerprint density at radius 3 is 0.923 bits per heavy atom. The Bertz CT molecular complexity index is 1460. The molecule has 0 heterocycles. The van der Waals surface area contributed by atoms with Crippen molar-refractivity contribution < 1.29 is 0 Å². The lowest BCUT2D eigenvalue weighted by Gasteiger charge is -2.35. The first-order valence-corrected chi connectivity index (χ1v) is 18.5. The predicted molar refractivity (Wildman–Crippen MR) is 179 cm³/mol. The van der Waals surface area contributed by atoms with Gasteiger partial charge in [0.2, 0.25) is 0 Å². The van der Waals surface area contributed by atoms with Crippen LogP contribution in [0.3, 0.4) is 0 Å². The zero-order valence-corrected chi connectivity index (χ0v) is 25.9. The molecule has 0 aliphatic heterocycles. The van der Waals surface area contributed by atoms with Crippen molar-refractivity contribution in [3.05, 3.63) is 170 Å². The predicted octanol–water partition coefficient (Wildman–Crippen LogP) is 1.30. The highest BCUT2D eigenvalue weighted by Crippen LogP contribution is 2.09. The molecule has 0 nitrogen and oxygen atoms in total. The molecule has 0 amide bonds. The number of hydrogen-bond acceptors (Lipinski definition) is 0. The lowest BCUT2D eigenvalue weighted by Crippen LogP contribution is -2.75. The van der Waals surface area contributed by atoms with Gasteiger partial charge >= 0.3 is 0 Å². The highest BCUT2D eigenvalue weighted by molar-refractivity contribution is 7.20. The Hall–Kier alpha value is -4.03. The van der Waals surface area contributed by atoms with Crippen LogP contribution < -0.4 is 41.5 Å². The highest BCUT2D eigenvalue weighted by atomic mass is 28.3. The minimum atomic E-state index is -2.55. The summed E-state index contributed by atoms with van der Waals surface area (Å²) in [4.78, 5) is 0. The summed E-state index contributed by atoms with van der Waals surface area (Å²) >= 11 is 0. The fourth-order valence-electron chi connectivity index (χ4n) is 5.91. The van der Waals surface area contributed by atoms with E-state index in [1.165, 1.54) is 41.5 Å². The van der Waals surface area contributed by atoms with Crippen LogP contribution in [0.4, 0.5) is 0 Å². The minimum Gasteiger partial charge on any atom is -0.0643 e. The van der Waals surface area contributed by atoms with Crippen molar-refractivity contribution >= 4 is 68.6 Å². The van der Waals surface area contributed by atoms with Gasteiger partial charge in [-0.15, -0.1) is 0 Å². The first-order chi connectivity index (χ1) is 19.3. The maximum absolute atomic E-state index is 2.58. The molecule has 0 radical (unpaired) electrons. The maximum Gasteiger partial charge on any atom is 0.179 e. The Labute approximate surface area is 237 Å². The van der Waals surface area contributed by atoms with Crippen LogP contribution in [0.2, 0.25) is 0 Å². The van der Waals surface area contributed by atoms with E-state index in [1.54, 1.807) is 0 Å². The van der Waals surface area contributed by atoms with E-state index in [0.29, 0.717) is 0 Å². The average Bonchev–Trinajstić information content (AvgIpc) is 3.00. The van der Waals surface area contributed by atoms with Crippen molar-refractivity contribution in [2.75, 3.05) is 0 Å². The van der Waals surface area contributed by atoms with Gasteiger partial charge in [-0.2, -0.15) is 0 Å². The fraction of sp³-hybridized carbons (Fsp3) is 0. The molecule has 0 aliphatic rings. The van der Waals surface area contributed by atoms with Crippen molar-refractivity contribution in [3.63, 3.8) is 0 Å². The van der Waals surface area contributed by atoms with Crippen molar-refractivity contribution in [2.45, 2.75) is 0 Å². The molecule has 0 aromatic heterocycles. The second-order valence-corrected chi connectivity index (χ2v) is 18.0. The van der Waals surface area contributed by atoms with Gasteiger partial charge in [0.05, 0.1) is 19.0 Å². The molecular weight excluding hydrogens is 517 g/mol. The third-order valence-electron chi connectivity index (χ3n) is 7.61. The fourth-order valence-corrected chi connectivity index (χ4v) is 14.8. The first kappa shape index (κ1) is 25.3. The molecule has 6 aromatic carbocycles. The van der Waals surface area contributed by atoms with Crippen LogP contribution in [0.1, 0.15) is 0 Å². The van der Waals surface area contributed by atoms with Gasteiger partial charge in [-0.3, -0.25) is 0 Å². The zero-order valence-electron chi connectivity index (χ0n) is 22.1. The van der Waals surface area contributed by atoms with Crippen molar-refractivity contribution in [2.24, 2.45) is 0 Å². The van der Waals surface area contributed by atoms with E-state index < -0.39 is 27.1 Å². The summed E-state index contributed by atoms with van der Waals surface area (Å²) < 4.78 is 0. The number of benzene rings is 6. The molecule has 6 rings (SSSR count). The molecule has 188 valence electrons. The molecule has 0 bridgehead atoms. The van der Waals surface area contributed by atoms with Gasteiger partial charge in [-0.05, 0) is 20.7 Å². The lowest BCUT2D eigenvalue weighted by atomic mass is 10.3. The molecule has 39 heavy (non-hydrogen) atoms. The van der Waals surface area contributed by atoms with Crippen LogP contribution in [0.25, 0.3) is 0 Å². The van der Waals surface area contributed by atoms with E-state index in [1.807, 2.05) is 0 Å². The van der Waals surface area contributed by atoms with Gasteiger partial charge in [0.15, 0.2) is 8.07 Å². The Morgan fingerprint density at radius 2 is 0.590 bits per heavy atom. The second kappa shape index (κ2) is 11.8. The molecule has 0 N–H and O–H groups in total. The quantitative estimate of drug-likeness (QED) is 0.199. The standard InChI is InChI=1S/C36H32Si3/c1-6-16-29(17-7-1)37-31-26-32(38-30-18-8-2-9-19-30)28-36(27-31)39(33-20-10-3-11-21-33,34-22-12-4-13-23-34)35-24-14-5-15-25-35/h1-28H,37-38H2. The number of hydrogen-bond donors (Lipinski definition) is 0. The van der Waals surface area contributed by atoms with E-state index in [9.17, 15) is 0 Å². The normalized spacial score (nSPS) is 11.9. The van der Waals surface area contributed by atoms with Gasteiger partial charge in [0.25, 0.3) is 0 Å². The summed E-state index contributed by atoms with van der Waals surface area (Å²) in [6, 6.07) is 63.8. The second-order valence-electron chi connectivity index (χ2n) is 10.2. The van der Waals surface area contributed by atoms with Gasteiger partial charge < -0.3 is 0 Å². The maximum atomic E-state index is 2.58. The highest BCUT2D eigenvalue weighted by Gasteiger charge is 2.41. The summed E-state index contributed by atoms with van der Waals surface area (Å²) in [6.07, 6.45) is 0. The third kappa shape index (κ3) is 5.43. The Kier molecular flexibility index (Phi) is 7.63. The van der Waals surface area contributed by atoms with Gasteiger partial charge in [-0.25, -0.2) is 0 Å².